The third-order valence-electron chi connectivity index (χ3n) is 12.2. The Bertz CT molecular complexity index is 2330. The fraction of sp³-hybridized carbons (Fsp3) is 0.476. The van der Waals surface area contributed by atoms with Crippen LogP contribution in [0.15, 0.2) is 40.7 Å². The van der Waals surface area contributed by atoms with E-state index in [-0.39, 0.29) is 23.2 Å². The van der Waals surface area contributed by atoms with Crippen LogP contribution < -0.4 is 5.32 Å². The van der Waals surface area contributed by atoms with Gasteiger partial charge in [0.15, 0.2) is 23.2 Å². The lowest BCUT2D eigenvalue weighted by atomic mass is 9.56. The van der Waals surface area contributed by atoms with Gasteiger partial charge in [-0.1, -0.05) is 6.07 Å². The van der Waals surface area contributed by atoms with Gasteiger partial charge in [0, 0.05) is 63.4 Å². The third kappa shape index (κ3) is 5.96. The van der Waals surface area contributed by atoms with Gasteiger partial charge in [0.2, 0.25) is 11.6 Å². The molecule has 1 saturated heterocycles. The number of nitrogens with one attached hydrogen (secondary N) is 1. The van der Waals surface area contributed by atoms with Crippen molar-refractivity contribution in [2.24, 2.45) is 0 Å². The number of fused-ring (bicyclic) bond motifs is 5. The van der Waals surface area contributed by atoms with Crippen molar-refractivity contribution in [2.75, 3.05) is 28.4 Å². The zero-order chi connectivity index (χ0) is 44.0. The lowest BCUT2D eigenvalue weighted by Gasteiger charge is -2.53. The first-order valence-corrected chi connectivity index (χ1v) is 19.1. The molecular formula is C42H47NO17. The van der Waals surface area contributed by atoms with Gasteiger partial charge < -0.3 is 69.2 Å². The second-order valence-electron chi connectivity index (χ2n) is 15.8. The first kappa shape index (κ1) is 43.1. The number of Topliss-reactive ketones (excluding diaryl/α,β-unsaturated/α-hetero) is 2. The van der Waals surface area contributed by atoms with Crippen LogP contribution in [-0.4, -0.2) is 136 Å². The summed E-state index contributed by atoms with van der Waals surface area (Å²) in [6.07, 6.45) is -6.64. The number of carbonyl (C=O) groups is 4. The van der Waals surface area contributed by atoms with Crippen molar-refractivity contribution in [1.29, 1.82) is 0 Å². The number of benzene rings is 2. The highest BCUT2D eigenvalue weighted by molar-refractivity contribution is 6.26. The van der Waals surface area contributed by atoms with E-state index in [1.165, 1.54) is 39.5 Å². The average molecular weight is 838 g/mol. The predicted molar refractivity (Wildman–Crippen MR) is 203 cm³/mol. The molecule has 1 fully saturated rings. The number of methoxy groups -OCH3 is 4. The van der Waals surface area contributed by atoms with Crippen LogP contribution >= 0.6 is 0 Å². The second kappa shape index (κ2) is 15.2. The molecule has 3 aliphatic carbocycles. The van der Waals surface area contributed by atoms with Crippen molar-refractivity contribution in [3.63, 3.8) is 0 Å². The van der Waals surface area contributed by atoms with Crippen LogP contribution in [0.3, 0.4) is 0 Å². The first-order chi connectivity index (χ1) is 28.3. The number of rotatable bonds is 10. The van der Waals surface area contributed by atoms with Crippen molar-refractivity contribution < 1.29 is 83.0 Å². The second-order valence-corrected chi connectivity index (χ2v) is 15.8. The maximum absolute atomic E-state index is 15.1. The van der Waals surface area contributed by atoms with Crippen molar-refractivity contribution >= 4 is 23.3 Å². The average Bonchev–Trinajstić information content (AvgIpc) is 3.61. The highest BCUT2D eigenvalue weighted by atomic mass is 16.6. The molecular weight excluding hydrogens is 790 g/mol. The molecule has 10 atom stereocenters. The summed E-state index contributed by atoms with van der Waals surface area (Å²) in [6.45, 7) is 4.62. The summed E-state index contributed by atoms with van der Waals surface area (Å²) in [4.78, 5) is 57.1. The fourth-order valence-electron chi connectivity index (χ4n) is 9.51. The Morgan fingerprint density at radius 3 is 2.28 bits per heavy atom. The van der Waals surface area contributed by atoms with Crippen LogP contribution in [0.25, 0.3) is 0 Å². The van der Waals surface area contributed by atoms with Crippen molar-refractivity contribution in [3.05, 3.63) is 92.1 Å². The Labute approximate surface area is 342 Å². The summed E-state index contributed by atoms with van der Waals surface area (Å²) in [7, 11) is 4.65. The number of carbonyl (C=O) groups excluding carboxylic acids is 4. The van der Waals surface area contributed by atoms with Gasteiger partial charge in [-0.05, 0) is 49.6 Å². The molecule has 3 unspecified atom stereocenters. The number of aliphatic hydroxyl groups is 5. The Morgan fingerprint density at radius 1 is 0.983 bits per heavy atom. The Balaban J connectivity index is 1.46. The zero-order valence-corrected chi connectivity index (χ0v) is 33.8. The molecule has 2 heterocycles. The van der Waals surface area contributed by atoms with Crippen LogP contribution in [0.5, 0.6) is 11.5 Å². The summed E-state index contributed by atoms with van der Waals surface area (Å²) in [5.41, 5.74) is -12.2. The maximum Gasteiger partial charge on any atom is 0.341 e. The molecule has 322 valence electrons. The van der Waals surface area contributed by atoms with Gasteiger partial charge in [-0.25, -0.2) is 4.79 Å². The summed E-state index contributed by atoms with van der Waals surface area (Å²) in [5.74, 6) is -6.46. The number of hydrogen-bond acceptors (Lipinski definition) is 18. The molecule has 3 aromatic rings. The number of hydrogen-bond donors (Lipinski definition) is 8. The molecule has 1 aliphatic heterocycles. The number of ketones is 3. The number of phenolic OH excluding ortho intramolecular Hbond substituents is 2. The van der Waals surface area contributed by atoms with Gasteiger partial charge in [0.25, 0.3) is 0 Å². The predicted octanol–water partition coefficient (Wildman–Crippen LogP) is 0.514. The van der Waals surface area contributed by atoms with Gasteiger partial charge in [-0.2, -0.15) is 0 Å². The number of aromatic hydroxyl groups is 2. The fourth-order valence-corrected chi connectivity index (χ4v) is 9.51. The van der Waals surface area contributed by atoms with Crippen LogP contribution in [-0.2, 0) is 54.1 Å². The summed E-state index contributed by atoms with van der Waals surface area (Å²) < 4.78 is 33.2. The van der Waals surface area contributed by atoms with Crippen LogP contribution in [0.2, 0.25) is 0 Å². The number of phenols is 2. The Kier molecular flexibility index (Phi) is 10.9. The van der Waals surface area contributed by atoms with E-state index in [4.69, 9.17) is 28.1 Å². The van der Waals surface area contributed by atoms with E-state index in [0.717, 1.165) is 26.4 Å². The smallest absolute Gasteiger partial charge is 0.341 e. The molecule has 8 N–H and O–H groups in total. The van der Waals surface area contributed by atoms with Crippen molar-refractivity contribution in [3.8, 4) is 11.5 Å². The molecule has 60 heavy (non-hydrogen) atoms. The summed E-state index contributed by atoms with van der Waals surface area (Å²) in [5, 5.41) is 85.4. The standard InChI is InChI=1S/C42H47NO17/c1-16-8-20-11-26(46)42(58-7)37(51)28-22(36(50)41(42,54)30(20)32(48)27(16)39(52)57-6)12-23-29(31(28)47)24(45)13-25(40(23,53)14-19-10-21(59-15-19)9-17(2)44)43-38-35(56-5)33(49)34(55-4)18(3)60-38/h8,10,12-13,15,17-18,26,33-35,38,43-44,46-49,53-54H,9,11,14H2,1-7H3/t17?,18-,26?,33+,34-,35+,38-,40?,41-,42+/m0/s1. The lowest BCUT2D eigenvalue weighted by Crippen LogP contribution is -2.73. The molecule has 18 heteroatoms. The molecule has 2 aromatic carbocycles. The topological polar surface area (TPSA) is 281 Å². The number of furan rings is 1. The van der Waals surface area contributed by atoms with Gasteiger partial charge in [-0.15, -0.1) is 0 Å². The van der Waals surface area contributed by atoms with Crippen molar-refractivity contribution in [2.45, 2.75) is 99.7 Å². The van der Waals surface area contributed by atoms with E-state index in [9.17, 15) is 50.1 Å². The first-order valence-electron chi connectivity index (χ1n) is 19.1. The molecule has 0 amide bonds. The number of esters is 1. The van der Waals surface area contributed by atoms with E-state index < -0.39 is 141 Å². The minimum absolute atomic E-state index is 0.0199. The van der Waals surface area contributed by atoms with Crippen LogP contribution in [0.4, 0.5) is 0 Å². The summed E-state index contributed by atoms with van der Waals surface area (Å²) >= 11 is 0. The normalized spacial score (nSPS) is 31.4. The van der Waals surface area contributed by atoms with Gasteiger partial charge >= 0.3 is 5.97 Å². The SMILES string of the molecule is COC(=O)c1c(C)cc2c(c1O)[C@]1(O)C(=O)c3cc4c(c(O)c3C(=O)[C@]1(OC)C(O)C2)C(=O)C=C(N[C@H]1O[C@@H](C)[C@H](OC)[C@@H](O)[C@H]1OC)C4(O)Cc1coc(CC(C)O)c1. The minimum Gasteiger partial charge on any atom is -0.507 e. The molecule has 0 spiro atoms. The number of ether oxygens (including phenoxy) is 5. The zero-order valence-electron chi connectivity index (χ0n) is 33.8. The molecule has 4 aliphatic rings. The van der Waals surface area contributed by atoms with E-state index in [1.54, 1.807) is 13.8 Å². The third-order valence-corrected chi connectivity index (χ3v) is 12.2. The Hall–Kier alpha value is -5.02. The van der Waals surface area contributed by atoms with E-state index in [1.807, 2.05) is 0 Å². The van der Waals surface area contributed by atoms with E-state index >= 15 is 4.79 Å². The molecule has 7 rings (SSSR count). The van der Waals surface area contributed by atoms with Crippen LogP contribution in [0, 0.1) is 6.92 Å². The quantitative estimate of drug-likeness (QED) is 0.129. The van der Waals surface area contributed by atoms with Crippen molar-refractivity contribution in [1.82, 2.24) is 5.32 Å². The number of aliphatic hydroxyl groups excluding tert-OH is 3. The lowest BCUT2D eigenvalue weighted by molar-refractivity contribution is -0.237. The minimum atomic E-state index is -3.29. The number of allylic oxidation sites excluding steroid dienone is 1. The highest BCUT2D eigenvalue weighted by Crippen LogP contribution is 2.57. The molecule has 0 bridgehead atoms. The molecule has 0 saturated carbocycles. The van der Waals surface area contributed by atoms with E-state index in [2.05, 4.69) is 5.32 Å². The molecule has 1 aromatic heterocycles. The molecule has 0 radical (unpaired) electrons. The molecule has 18 nitrogen and oxygen atoms in total. The number of aryl methyl sites for hydroxylation is 1. The Morgan fingerprint density at radius 2 is 1.67 bits per heavy atom. The van der Waals surface area contributed by atoms with Crippen LogP contribution in [0.1, 0.15) is 88.9 Å². The van der Waals surface area contributed by atoms with Gasteiger partial charge in [-0.3, -0.25) is 14.4 Å². The summed E-state index contributed by atoms with van der Waals surface area (Å²) in [6, 6.07) is 3.82. The van der Waals surface area contributed by atoms with Gasteiger partial charge in [0.1, 0.15) is 46.7 Å². The highest BCUT2D eigenvalue weighted by Gasteiger charge is 2.73. The maximum atomic E-state index is 15.1. The van der Waals surface area contributed by atoms with E-state index in [0.29, 0.717) is 11.3 Å². The largest absolute Gasteiger partial charge is 0.507 e. The van der Waals surface area contributed by atoms with Gasteiger partial charge in [0.05, 0.1) is 48.5 Å². The monoisotopic (exact) mass is 837 g/mol.